The smallest absolute Gasteiger partial charge is 0.268 e. The zero-order valence-corrected chi connectivity index (χ0v) is 15.4. The number of benzene rings is 1. The highest BCUT2D eigenvalue weighted by Gasteiger charge is 2.30. The number of carbonyl (C=O) groups excluding carboxylic acids is 1. The summed E-state index contributed by atoms with van der Waals surface area (Å²) in [6.45, 7) is 0.478. The number of furan rings is 1. The van der Waals surface area contributed by atoms with Gasteiger partial charge in [-0.25, -0.2) is 8.42 Å². The molecule has 4 rings (SSSR count). The number of fused-ring (bicyclic) bond motifs is 1. The van der Waals surface area contributed by atoms with Gasteiger partial charge in [-0.1, -0.05) is 23.7 Å². The number of aromatic nitrogens is 1. The van der Waals surface area contributed by atoms with Gasteiger partial charge in [-0.3, -0.25) is 4.79 Å². The largest absolute Gasteiger partial charge is 0.463 e. The van der Waals surface area contributed by atoms with Crippen LogP contribution in [0.3, 0.4) is 0 Å². The number of nitrogens with zero attached hydrogens (tertiary/aromatic N) is 1. The van der Waals surface area contributed by atoms with Crippen molar-refractivity contribution in [2.24, 2.45) is 0 Å². The predicted molar refractivity (Wildman–Crippen MR) is 99.3 cm³/mol. The Balaban J connectivity index is 1.63. The molecule has 0 saturated carbocycles. The van der Waals surface area contributed by atoms with Crippen molar-refractivity contribution in [3.63, 3.8) is 0 Å². The molecule has 1 fully saturated rings. The Labute approximate surface area is 155 Å². The minimum absolute atomic E-state index is 0.00719. The molecule has 0 aliphatic carbocycles. The summed E-state index contributed by atoms with van der Waals surface area (Å²) in [7, 11) is -3.05. The van der Waals surface area contributed by atoms with Gasteiger partial charge in [-0.05, 0) is 24.1 Å². The van der Waals surface area contributed by atoms with Crippen molar-refractivity contribution in [2.45, 2.75) is 19.0 Å². The van der Waals surface area contributed by atoms with Crippen molar-refractivity contribution < 1.29 is 17.6 Å². The molecular weight excluding hydrogens is 376 g/mol. The first-order chi connectivity index (χ1) is 12.4. The highest BCUT2D eigenvalue weighted by Crippen LogP contribution is 2.23. The number of hydrogen-bond donors (Lipinski definition) is 1. The molecule has 0 bridgehead atoms. The first-order valence-electron chi connectivity index (χ1n) is 8.24. The van der Waals surface area contributed by atoms with E-state index in [9.17, 15) is 13.2 Å². The van der Waals surface area contributed by atoms with Crippen molar-refractivity contribution in [3.8, 4) is 0 Å². The fourth-order valence-corrected chi connectivity index (χ4v) is 5.08. The average Bonchev–Trinajstić information content (AvgIpc) is 3.25. The lowest BCUT2D eigenvalue weighted by molar-refractivity contribution is 0.0932. The molecular formula is C18H17ClN2O4S. The number of rotatable bonds is 4. The maximum atomic E-state index is 12.8. The molecule has 1 aliphatic heterocycles. The summed E-state index contributed by atoms with van der Waals surface area (Å²) < 4.78 is 30.5. The normalized spacial score (nSPS) is 19.0. The Hall–Kier alpha value is -2.25. The van der Waals surface area contributed by atoms with Gasteiger partial charge in [-0.15, -0.1) is 0 Å². The van der Waals surface area contributed by atoms with E-state index in [4.69, 9.17) is 16.0 Å². The van der Waals surface area contributed by atoms with Crippen LogP contribution in [0, 0.1) is 0 Å². The molecule has 1 amide bonds. The zero-order chi connectivity index (χ0) is 18.3. The van der Waals surface area contributed by atoms with Crippen molar-refractivity contribution in [1.29, 1.82) is 0 Å². The molecule has 2 aromatic heterocycles. The Morgan fingerprint density at radius 3 is 2.73 bits per heavy atom. The van der Waals surface area contributed by atoms with Gasteiger partial charge in [0, 0.05) is 29.7 Å². The van der Waals surface area contributed by atoms with E-state index in [1.807, 2.05) is 22.8 Å². The standard InChI is InChI=1S/C18H17ClN2O4S/c19-13-3-1-12(2-4-13)10-21-15-5-7-25-17(15)9-16(21)18(22)20-14-6-8-26(23,24)11-14/h1-5,7,9,14H,6,8,10-11H2,(H,20,22)/t14-/m0/s1. The van der Waals surface area contributed by atoms with Crippen LogP contribution < -0.4 is 5.32 Å². The van der Waals surface area contributed by atoms with Crippen LogP contribution in [0.4, 0.5) is 0 Å². The molecule has 1 N–H and O–H groups in total. The maximum Gasteiger partial charge on any atom is 0.268 e. The average molecular weight is 393 g/mol. The summed E-state index contributed by atoms with van der Waals surface area (Å²) in [5.74, 6) is -0.189. The van der Waals surface area contributed by atoms with Crippen LogP contribution >= 0.6 is 11.6 Å². The lowest BCUT2D eigenvalue weighted by Gasteiger charge is -2.14. The van der Waals surface area contributed by atoms with E-state index in [0.29, 0.717) is 29.3 Å². The van der Waals surface area contributed by atoms with Crippen LogP contribution in [-0.4, -0.2) is 36.4 Å². The summed E-state index contributed by atoms with van der Waals surface area (Å²) in [5.41, 5.74) is 2.86. The predicted octanol–water partition coefficient (Wildman–Crippen LogP) is 2.85. The number of sulfone groups is 1. The maximum absolute atomic E-state index is 12.8. The van der Waals surface area contributed by atoms with E-state index in [-0.39, 0.29) is 23.5 Å². The number of carbonyl (C=O) groups is 1. The third-order valence-electron chi connectivity index (χ3n) is 4.58. The highest BCUT2D eigenvalue weighted by molar-refractivity contribution is 7.91. The summed E-state index contributed by atoms with van der Waals surface area (Å²) >= 11 is 5.94. The summed E-state index contributed by atoms with van der Waals surface area (Å²) in [5, 5.41) is 3.48. The minimum Gasteiger partial charge on any atom is -0.463 e. The summed E-state index contributed by atoms with van der Waals surface area (Å²) in [6.07, 6.45) is 2.02. The molecule has 3 heterocycles. The number of hydrogen-bond acceptors (Lipinski definition) is 4. The van der Waals surface area contributed by atoms with E-state index >= 15 is 0 Å². The van der Waals surface area contributed by atoms with E-state index in [0.717, 1.165) is 11.1 Å². The molecule has 1 aromatic carbocycles. The first kappa shape index (κ1) is 17.2. The fourth-order valence-electron chi connectivity index (χ4n) is 3.28. The zero-order valence-electron chi connectivity index (χ0n) is 13.8. The number of nitrogens with one attached hydrogen (secondary N) is 1. The van der Waals surface area contributed by atoms with Crippen LogP contribution in [-0.2, 0) is 16.4 Å². The number of halogens is 1. The first-order valence-corrected chi connectivity index (χ1v) is 10.4. The van der Waals surface area contributed by atoms with Gasteiger partial charge in [0.15, 0.2) is 15.4 Å². The van der Waals surface area contributed by atoms with Crippen molar-refractivity contribution in [2.75, 3.05) is 11.5 Å². The lowest BCUT2D eigenvalue weighted by atomic mass is 10.2. The Morgan fingerprint density at radius 1 is 1.27 bits per heavy atom. The van der Waals surface area contributed by atoms with Crippen molar-refractivity contribution >= 4 is 38.4 Å². The van der Waals surface area contributed by atoms with E-state index in [2.05, 4.69) is 5.32 Å². The number of amides is 1. The third-order valence-corrected chi connectivity index (χ3v) is 6.60. The monoisotopic (exact) mass is 392 g/mol. The molecule has 136 valence electrons. The van der Waals surface area contributed by atoms with Crippen molar-refractivity contribution in [3.05, 3.63) is 58.9 Å². The van der Waals surface area contributed by atoms with Gasteiger partial charge in [0.2, 0.25) is 0 Å². The molecule has 6 nitrogen and oxygen atoms in total. The van der Waals surface area contributed by atoms with Crippen LogP contribution in [0.5, 0.6) is 0 Å². The SMILES string of the molecule is O=C(N[C@H]1CCS(=O)(=O)C1)c1cc2occc2n1Cc1ccc(Cl)cc1. The van der Waals surface area contributed by atoms with Gasteiger partial charge in [0.05, 0.1) is 23.3 Å². The molecule has 26 heavy (non-hydrogen) atoms. The second-order valence-electron chi connectivity index (χ2n) is 6.49. The lowest BCUT2D eigenvalue weighted by Crippen LogP contribution is -2.36. The van der Waals surface area contributed by atoms with Gasteiger partial charge in [-0.2, -0.15) is 0 Å². The Bertz CT molecular complexity index is 1070. The van der Waals surface area contributed by atoms with E-state index < -0.39 is 9.84 Å². The molecule has 0 unspecified atom stereocenters. The second-order valence-corrected chi connectivity index (χ2v) is 9.15. The quantitative estimate of drug-likeness (QED) is 0.740. The van der Waals surface area contributed by atoms with Crippen LogP contribution in [0.1, 0.15) is 22.5 Å². The highest BCUT2D eigenvalue weighted by atomic mass is 35.5. The van der Waals surface area contributed by atoms with Gasteiger partial charge >= 0.3 is 0 Å². The van der Waals surface area contributed by atoms with Crippen LogP contribution in [0.25, 0.3) is 11.1 Å². The van der Waals surface area contributed by atoms with Crippen molar-refractivity contribution in [1.82, 2.24) is 9.88 Å². The van der Waals surface area contributed by atoms with Crippen LogP contribution in [0.15, 0.2) is 47.1 Å². The Morgan fingerprint density at radius 2 is 2.04 bits per heavy atom. The molecule has 0 spiro atoms. The fraction of sp³-hybridized carbons (Fsp3) is 0.278. The summed E-state index contributed by atoms with van der Waals surface area (Å²) in [6, 6.07) is 10.6. The molecule has 1 saturated heterocycles. The van der Waals surface area contributed by atoms with E-state index in [1.54, 1.807) is 24.5 Å². The molecule has 1 aliphatic rings. The van der Waals surface area contributed by atoms with Crippen LogP contribution in [0.2, 0.25) is 5.02 Å². The molecule has 3 aromatic rings. The molecule has 1 atom stereocenters. The van der Waals surface area contributed by atoms with Gasteiger partial charge in [0.1, 0.15) is 5.69 Å². The molecule has 0 radical (unpaired) electrons. The summed E-state index contributed by atoms with van der Waals surface area (Å²) in [4.78, 5) is 12.8. The Kier molecular flexibility index (Phi) is 4.28. The molecule has 8 heteroatoms. The topological polar surface area (TPSA) is 81.3 Å². The van der Waals surface area contributed by atoms with E-state index in [1.165, 1.54) is 0 Å². The minimum atomic E-state index is -3.05. The van der Waals surface area contributed by atoms with Gasteiger partial charge < -0.3 is 14.3 Å². The third kappa shape index (κ3) is 3.37. The van der Waals surface area contributed by atoms with Gasteiger partial charge in [0.25, 0.3) is 5.91 Å². The second kappa shape index (κ2) is 6.48.